The molecule has 0 atom stereocenters. The zero-order valence-electron chi connectivity index (χ0n) is 16.2. The van der Waals surface area contributed by atoms with Gasteiger partial charge >= 0.3 is 6.36 Å². The molecule has 0 unspecified atom stereocenters. The highest BCUT2D eigenvalue weighted by atomic mass is 19.4. The van der Waals surface area contributed by atoms with E-state index in [1.54, 1.807) is 25.3 Å². The van der Waals surface area contributed by atoms with E-state index in [0.29, 0.717) is 40.2 Å². The molecule has 0 aliphatic carbocycles. The van der Waals surface area contributed by atoms with E-state index in [9.17, 15) is 18.0 Å². The van der Waals surface area contributed by atoms with Crippen LogP contribution in [0.25, 0.3) is 22.0 Å². The van der Waals surface area contributed by atoms with Gasteiger partial charge in [0.2, 0.25) is 5.89 Å². The van der Waals surface area contributed by atoms with Gasteiger partial charge in [-0.05, 0) is 35.4 Å². The van der Waals surface area contributed by atoms with Crippen LogP contribution < -0.4 is 10.3 Å². The van der Waals surface area contributed by atoms with Crippen molar-refractivity contribution in [2.75, 3.05) is 7.11 Å². The van der Waals surface area contributed by atoms with Crippen molar-refractivity contribution in [3.63, 3.8) is 0 Å². The number of oxazole rings is 1. The zero-order valence-corrected chi connectivity index (χ0v) is 16.2. The molecule has 0 amide bonds. The number of aromatic nitrogens is 3. The first-order chi connectivity index (χ1) is 14.8. The van der Waals surface area contributed by atoms with Gasteiger partial charge in [0, 0.05) is 7.11 Å². The number of halogens is 3. The minimum atomic E-state index is -4.76. The predicted molar refractivity (Wildman–Crippen MR) is 104 cm³/mol. The van der Waals surface area contributed by atoms with Crippen molar-refractivity contribution in [1.29, 1.82) is 0 Å². The number of alkyl halides is 3. The number of rotatable bonds is 6. The lowest BCUT2D eigenvalue weighted by molar-refractivity contribution is -0.274. The number of benzene rings is 2. The summed E-state index contributed by atoms with van der Waals surface area (Å²) in [4.78, 5) is 21.5. The van der Waals surface area contributed by atoms with Crippen LogP contribution in [0, 0.1) is 0 Å². The summed E-state index contributed by atoms with van der Waals surface area (Å²) in [5.41, 5.74) is 2.09. The summed E-state index contributed by atoms with van der Waals surface area (Å²) in [6, 6.07) is 10.5. The molecule has 0 aliphatic rings. The zero-order chi connectivity index (χ0) is 22.0. The van der Waals surface area contributed by atoms with Gasteiger partial charge in [-0.25, -0.2) is 9.97 Å². The third kappa shape index (κ3) is 4.75. The molecule has 2 heterocycles. The van der Waals surface area contributed by atoms with Crippen LogP contribution in [-0.2, 0) is 17.9 Å². The topological polar surface area (TPSA) is 79.4 Å². The normalized spacial score (nSPS) is 11.7. The highest BCUT2D eigenvalue weighted by Crippen LogP contribution is 2.27. The summed E-state index contributed by atoms with van der Waals surface area (Å²) in [6.07, 6.45) is -1.88. The molecule has 0 saturated carbocycles. The van der Waals surface area contributed by atoms with Crippen LogP contribution in [0.3, 0.4) is 0 Å². The van der Waals surface area contributed by atoms with Crippen molar-refractivity contribution >= 4 is 10.9 Å². The Hall–Kier alpha value is -3.66. The average Bonchev–Trinajstić information content (AvgIpc) is 3.17. The lowest BCUT2D eigenvalue weighted by atomic mass is 10.0. The summed E-state index contributed by atoms with van der Waals surface area (Å²) >= 11 is 0. The molecule has 31 heavy (non-hydrogen) atoms. The van der Waals surface area contributed by atoms with Crippen LogP contribution in [0.5, 0.6) is 5.75 Å². The molecule has 4 aromatic rings. The minimum absolute atomic E-state index is 0.0964. The molecule has 2 aromatic carbocycles. The van der Waals surface area contributed by atoms with E-state index in [4.69, 9.17) is 9.15 Å². The molecule has 0 fully saturated rings. The quantitative estimate of drug-likeness (QED) is 0.457. The van der Waals surface area contributed by atoms with Crippen molar-refractivity contribution in [2.24, 2.45) is 0 Å². The van der Waals surface area contributed by atoms with Gasteiger partial charge in [-0.15, -0.1) is 13.2 Å². The number of ether oxygens (including phenoxy) is 2. The van der Waals surface area contributed by atoms with Crippen LogP contribution in [0.1, 0.15) is 11.6 Å². The molecule has 2 aromatic heterocycles. The maximum Gasteiger partial charge on any atom is 0.573 e. The lowest BCUT2D eigenvalue weighted by Crippen LogP contribution is -2.21. The molecule has 0 N–H and O–H groups in total. The third-order valence-electron chi connectivity index (χ3n) is 4.44. The van der Waals surface area contributed by atoms with E-state index in [2.05, 4.69) is 14.7 Å². The average molecular weight is 431 g/mol. The number of hydrogen-bond donors (Lipinski definition) is 0. The van der Waals surface area contributed by atoms with Gasteiger partial charge in [0.25, 0.3) is 5.56 Å². The van der Waals surface area contributed by atoms with Crippen LogP contribution in [0.2, 0.25) is 0 Å². The van der Waals surface area contributed by atoms with E-state index in [1.165, 1.54) is 41.4 Å². The Morgan fingerprint density at radius 1 is 1.10 bits per heavy atom. The lowest BCUT2D eigenvalue weighted by Gasteiger charge is -2.10. The summed E-state index contributed by atoms with van der Waals surface area (Å²) < 4.78 is 52.6. The minimum Gasteiger partial charge on any atom is -0.447 e. The van der Waals surface area contributed by atoms with Crippen LogP contribution in [0.4, 0.5) is 13.2 Å². The third-order valence-corrected chi connectivity index (χ3v) is 4.44. The second-order valence-corrected chi connectivity index (χ2v) is 6.65. The first-order valence-corrected chi connectivity index (χ1v) is 9.10. The largest absolute Gasteiger partial charge is 0.573 e. The first kappa shape index (κ1) is 20.6. The van der Waals surface area contributed by atoms with Gasteiger partial charge in [0.05, 0.1) is 23.8 Å². The first-order valence-electron chi connectivity index (χ1n) is 9.10. The molecule has 0 saturated heterocycles. The Kier molecular flexibility index (Phi) is 5.47. The second-order valence-electron chi connectivity index (χ2n) is 6.65. The molecule has 160 valence electrons. The van der Waals surface area contributed by atoms with Crippen molar-refractivity contribution in [1.82, 2.24) is 14.5 Å². The summed E-state index contributed by atoms with van der Waals surface area (Å²) in [6.45, 7) is 0.393. The Balaban J connectivity index is 1.63. The fourth-order valence-electron chi connectivity index (χ4n) is 3.08. The molecular formula is C21H16F3N3O4. The van der Waals surface area contributed by atoms with Crippen LogP contribution >= 0.6 is 0 Å². The highest BCUT2D eigenvalue weighted by Gasteiger charge is 2.30. The van der Waals surface area contributed by atoms with E-state index in [0.717, 1.165) is 0 Å². The second kappa shape index (κ2) is 8.23. The monoisotopic (exact) mass is 431 g/mol. The Bertz CT molecular complexity index is 1260. The number of fused-ring (bicyclic) bond motifs is 1. The fourth-order valence-corrected chi connectivity index (χ4v) is 3.08. The smallest absolute Gasteiger partial charge is 0.447 e. The van der Waals surface area contributed by atoms with Crippen molar-refractivity contribution in [2.45, 2.75) is 19.5 Å². The Labute approximate surface area is 173 Å². The molecule has 0 spiro atoms. The van der Waals surface area contributed by atoms with Crippen molar-refractivity contribution in [3.05, 3.63) is 77.0 Å². The van der Waals surface area contributed by atoms with Gasteiger partial charge < -0.3 is 13.9 Å². The Morgan fingerprint density at radius 3 is 2.55 bits per heavy atom. The van der Waals surface area contributed by atoms with Crippen LogP contribution in [-0.4, -0.2) is 28.0 Å². The molecule has 10 heteroatoms. The molecule has 4 rings (SSSR count). The van der Waals surface area contributed by atoms with Crippen LogP contribution in [0.15, 0.2) is 64.3 Å². The number of nitrogens with zero attached hydrogens (tertiary/aromatic N) is 3. The number of methoxy groups -OCH3 is 1. The molecular weight excluding hydrogens is 415 g/mol. The maximum atomic E-state index is 12.9. The standard InChI is InChI=1S/C21H16F3N3O4/c1-29-10-15-11-30-19(26-15)9-27-12-25-18-7-4-14(8-17(18)20(27)28)13-2-5-16(6-3-13)31-21(22,23)24/h2-8,11-12H,9-10H2,1H3. The van der Waals surface area contributed by atoms with Gasteiger partial charge in [-0.1, -0.05) is 18.2 Å². The summed E-state index contributed by atoms with van der Waals surface area (Å²) in [5.74, 6) is 0.0200. The summed E-state index contributed by atoms with van der Waals surface area (Å²) in [7, 11) is 1.54. The molecule has 0 radical (unpaired) electrons. The van der Waals surface area contributed by atoms with E-state index < -0.39 is 6.36 Å². The molecule has 0 aliphatic heterocycles. The van der Waals surface area contributed by atoms with E-state index in [-0.39, 0.29) is 17.9 Å². The predicted octanol–water partition coefficient (Wildman–Crippen LogP) is 4.14. The van der Waals surface area contributed by atoms with Gasteiger partial charge in [0.1, 0.15) is 24.3 Å². The highest BCUT2D eigenvalue weighted by molar-refractivity contribution is 5.83. The fraction of sp³-hybridized carbons (Fsp3) is 0.190. The molecule has 7 nitrogen and oxygen atoms in total. The maximum absolute atomic E-state index is 12.9. The van der Waals surface area contributed by atoms with Gasteiger partial charge in [-0.3, -0.25) is 9.36 Å². The van der Waals surface area contributed by atoms with Gasteiger partial charge in [-0.2, -0.15) is 0 Å². The van der Waals surface area contributed by atoms with Gasteiger partial charge in [0.15, 0.2) is 0 Å². The number of hydrogen-bond acceptors (Lipinski definition) is 6. The van der Waals surface area contributed by atoms with E-state index >= 15 is 0 Å². The Morgan fingerprint density at radius 2 is 1.84 bits per heavy atom. The molecule has 0 bridgehead atoms. The summed E-state index contributed by atoms with van der Waals surface area (Å²) in [5, 5.41) is 0.360. The van der Waals surface area contributed by atoms with E-state index in [1.807, 2.05) is 0 Å². The van der Waals surface area contributed by atoms with Crippen molar-refractivity contribution < 1.29 is 27.1 Å². The SMILES string of the molecule is COCc1coc(Cn2cnc3ccc(-c4ccc(OC(F)(F)F)cc4)cc3c2=O)n1. The van der Waals surface area contributed by atoms with Crippen molar-refractivity contribution in [3.8, 4) is 16.9 Å².